The van der Waals surface area contributed by atoms with Gasteiger partial charge < -0.3 is 0 Å². The van der Waals surface area contributed by atoms with Crippen LogP contribution in [0.4, 0.5) is 5.69 Å². The average Bonchev–Trinajstić information content (AvgIpc) is 2.53. The maximum atomic E-state index is 3.90. The van der Waals surface area contributed by atoms with Crippen molar-refractivity contribution in [3.8, 4) is 0 Å². The molecule has 1 aliphatic rings. The monoisotopic (exact) mass is 162 g/mol. The van der Waals surface area contributed by atoms with E-state index in [1.54, 1.807) is 11.5 Å². The van der Waals surface area contributed by atoms with Crippen molar-refractivity contribution >= 4 is 12.0 Å². The van der Waals surface area contributed by atoms with E-state index in [4.69, 9.17) is 0 Å². The van der Waals surface area contributed by atoms with Gasteiger partial charge in [0, 0.05) is 7.05 Å². The maximum absolute atomic E-state index is 3.90. The second-order valence-corrected chi connectivity index (χ2v) is 2.55. The van der Waals surface area contributed by atoms with Crippen molar-refractivity contribution in [3.05, 3.63) is 30.3 Å². The number of hydrogen-bond acceptors (Lipinski definition) is 4. The van der Waals surface area contributed by atoms with Gasteiger partial charge in [-0.15, -0.1) is 5.12 Å². The summed E-state index contributed by atoms with van der Waals surface area (Å²) in [5.74, 6) is 0. The topological polar surface area (TPSA) is 30.9 Å². The predicted molar refractivity (Wildman–Crippen MR) is 48.3 cm³/mol. The Kier molecular flexibility index (Phi) is 1.68. The molecule has 4 heteroatoms. The zero-order valence-corrected chi connectivity index (χ0v) is 6.81. The third-order valence-electron chi connectivity index (χ3n) is 1.71. The molecule has 2 rings (SSSR count). The van der Waals surface area contributed by atoms with Crippen molar-refractivity contribution in [1.82, 2.24) is 10.7 Å². The molecule has 0 saturated carbocycles. The summed E-state index contributed by atoms with van der Waals surface area (Å²) in [5.41, 5.74) is 3.89. The van der Waals surface area contributed by atoms with E-state index >= 15 is 0 Å². The molecule has 0 atom stereocenters. The molecule has 12 heavy (non-hydrogen) atoms. The molecule has 0 saturated heterocycles. The number of rotatable bonds is 1. The lowest BCUT2D eigenvalue weighted by Crippen LogP contribution is -2.39. The minimum absolute atomic E-state index is 1.09. The second-order valence-electron chi connectivity index (χ2n) is 2.55. The molecule has 0 aromatic heterocycles. The first-order chi connectivity index (χ1) is 5.88. The molecule has 0 spiro atoms. The number of nitrogens with zero attached hydrogens (tertiary/aromatic N) is 3. The lowest BCUT2D eigenvalue weighted by molar-refractivity contribution is 0.279. The van der Waals surface area contributed by atoms with Crippen LogP contribution in [0.15, 0.2) is 35.4 Å². The van der Waals surface area contributed by atoms with Crippen molar-refractivity contribution in [2.45, 2.75) is 0 Å². The molecule has 0 fully saturated rings. The van der Waals surface area contributed by atoms with Gasteiger partial charge in [0.2, 0.25) is 0 Å². The number of hydrogen-bond donors (Lipinski definition) is 1. The van der Waals surface area contributed by atoms with Crippen LogP contribution in [-0.4, -0.2) is 18.5 Å². The fraction of sp³-hybridized carbons (Fsp3) is 0.125. The number of benzene rings is 1. The van der Waals surface area contributed by atoms with E-state index in [1.165, 1.54) is 0 Å². The number of hydrazone groups is 1. The fourth-order valence-corrected chi connectivity index (χ4v) is 1.11. The molecule has 1 aromatic carbocycles. The Morgan fingerprint density at radius 2 is 2.00 bits per heavy atom. The molecule has 62 valence electrons. The van der Waals surface area contributed by atoms with Crippen molar-refractivity contribution in [2.75, 3.05) is 12.1 Å². The number of para-hydroxylation sites is 1. The molecule has 1 N–H and O–H groups in total. The molecular formula is C8H10N4. The fourth-order valence-electron chi connectivity index (χ4n) is 1.11. The highest BCUT2D eigenvalue weighted by atomic mass is 15.9. The summed E-state index contributed by atoms with van der Waals surface area (Å²) in [6.45, 7) is 0. The second kappa shape index (κ2) is 2.83. The number of hydrazine groups is 2. The zero-order chi connectivity index (χ0) is 8.39. The molecule has 0 unspecified atom stereocenters. The molecule has 4 nitrogen and oxygen atoms in total. The van der Waals surface area contributed by atoms with Crippen LogP contribution < -0.4 is 10.5 Å². The van der Waals surface area contributed by atoms with Crippen LogP contribution in [0.5, 0.6) is 0 Å². The summed E-state index contributed by atoms with van der Waals surface area (Å²) >= 11 is 0. The molecule has 0 bridgehead atoms. The van der Waals surface area contributed by atoms with Crippen LogP contribution in [0.2, 0.25) is 0 Å². The highest BCUT2D eigenvalue weighted by Crippen LogP contribution is 2.13. The van der Waals surface area contributed by atoms with Gasteiger partial charge in [0.1, 0.15) is 6.34 Å². The Balaban J connectivity index is 2.25. The average molecular weight is 162 g/mol. The minimum Gasteiger partial charge on any atom is -0.243 e. The van der Waals surface area contributed by atoms with E-state index in [0.717, 1.165) is 5.69 Å². The SMILES string of the molecule is CN1NN=CN1c1ccccc1. The first-order valence-corrected chi connectivity index (χ1v) is 3.75. The van der Waals surface area contributed by atoms with Gasteiger partial charge in [0.05, 0.1) is 5.69 Å². The van der Waals surface area contributed by atoms with Crippen molar-refractivity contribution < 1.29 is 0 Å². The van der Waals surface area contributed by atoms with Gasteiger partial charge in [0.25, 0.3) is 0 Å². The molecule has 1 aromatic rings. The van der Waals surface area contributed by atoms with Gasteiger partial charge in [-0.3, -0.25) is 0 Å². The highest BCUT2D eigenvalue weighted by molar-refractivity contribution is 5.78. The largest absolute Gasteiger partial charge is 0.243 e. The molecular weight excluding hydrogens is 152 g/mol. The van der Waals surface area contributed by atoms with Crippen LogP contribution >= 0.6 is 0 Å². The number of nitrogens with one attached hydrogen (secondary N) is 1. The van der Waals surface area contributed by atoms with E-state index < -0.39 is 0 Å². The van der Waals surface area contributed by atoms with Gasteiger partial charge in [-0.1, -0.05) is 18.2 Å². The van der Waals surface area contributed by atoms with Crippen LogP contribution in [0.3, 0.4) is 0 Å². The van der Waals surface area contributed by atoms with Gasteiger partial charge in [-0.05, 0) is 12.1 Å². The van der Waals surface area contributed by atoms with Gasteiger partial charge >= 0.3 is 0 Å². The Bertz CT molecular complexity index is 282. The van der Waals surface area contributed by atoms with Gasteiger partial charge in [-0.25, -0.2) is 10.5 Å². The molecule has 0 amide bonds. The Hall–Kier alpha value is -1.55. The predicted octanol–water partition coefficient (Wildman–Crippen LogP) is 0.801. The molecule has 1 heterocycles. The quantitative estimate of drug-likeness (QED) is 0.662. The standard InChI is InChI=1S/C8H10N4/c1-11-10-9-7-12(11)8-5-3-2-4-6-8/h2-7,10H,1H3. The lowest BCUT2D eigenvalue weighted by Gasteiger charge is -2.21. The Labute approximate surface area is 71.0 Å². The van der Waals surface area contributed by atoms with Crippen molar-refractivity contribution in [3.63, 3.8) is 0 Å². The third kappa shape index (κ3) is 1.12. The van der Waals surface area contributed by atoms with Crippen LogP contribution in [0.25, 0.3) is 0 Å². The summed E-state index contributed by atoms with van der Waals surface area (Å²) in [6.07, 6.45) is 1.73. The summed E-state index contributed by atoms with van der Waals surface area (Å²) in [4.78, 5) is 0. The van der Waals surface area contributed by atoms with Crippen molar-refractivity contribution in [2.24, 2.45) is 5.10 Å². The summed E-state index contributed by atoms with van der Waals surface area (Å²) in [6, 6.07) is 10.0. The first kappa shape index (κ1) is 7.12. The van der Waals surface area contributed by atoms with E-state index in [-0.39, 0.29) is 0 Å². The summed E-state index contributed by atoms with van der Waals surface area (Å²) in [5, 5.41) is 7.62. The van der Waals surface area contributed by atoms with E-state index in [1.807, 2.05) is 42.4 Å². The third-order valence-corrected chi connectivity index (χ3v) is 1.71. The molecule has 0 aliphatic carbocycles. The normalized spacial score (nSPS) is 16.6. The Morgan fingerprint density at radius 3 is 2.58 bits per heavy atom. The van der Waals surface area contributed by atoms with Crippen LogP contribution in [-0.2, 0) is 0 Å². The van der Waals surface area contributed by atoms with Crippen molar-refractivity contribution in [1.29, 1.82) is 0 Å². The smallest absolute Gasteiger partial charge is 0.133 e. The summed E-state index contributed by atoms with van der Waals surface area (Å²) < 4.78 is 0. The minimum atomic E-state index is 1.09. The summed E-state index contributed by atoms with van der Waals surface area (Å²) in [7, 11) is 1.90. The highest BCUT2D eigenvalue weighted by Gasteiger charge is 2.12. The Morgan fingerprint density at radius 1 is 1.25 bits per heavy atom. The lowest BCUT2D eigenvalue weighted by atomic mass is 10.3. The first-order valence-electron chi connectivity index (χ1n) is 3.75. The molecule has 1 aliphatic heterocycles. The van der Waals surface area contributed by atoms with E-state index in [2.05, 4.69) is 10.6 Å². The zero-order valence-electron chi connectivity index (χ0n) is 6.81. The van der Waals surface area contributed by atoms with Gasteiger partial charge in [-0.2, -0.15) is 5.10 Å². The van der Waals surface area contributed by atoms with E-state index in [9.17, 15) is 0 Å². The maximum Gasteiger partial charge on any atom is 0.133 e. The van der Waals surface area contributed by atoms with E-state index in [0.29, 0.717) is 0 Å². The van der Waals surface area contributed by atoms with Crippen LogP contribution in [0.1, 0.15) is 0 Å². The number of anilines is 1. The van der Waals surface area contributed by atoms with Crippen LogP contribution in [0, 0.1) is 0 Å². The van der Waals surface area contributed by atoms with Gasteiger partial charge in [0.15, 0.2) is 0 Å². The molecule has 0 radical (unpaired) electrons.